The monoisotopic (exact) mass is 290 g/mol. The van der Waals surface area contributed by atoms with E-state index in [1.54, 1.807) is 11.8 Å². The highest BCUT2D eigenvalue weighted by Gasteiger charge is 2.36. The van der Waals surface area contributed by atoms with Gasteiger partial charge in [-0.15, -0.1) is 0 Å². The molecule has 2 atom stereocenters. The number of hydrogen-bond donors (Lipinski definition) is 2. The van der Waals surface area contributed by atoms with Gasteiger partial charge in [-0.1, -0.05) is 30.3 Å². The number of benzene rings is 1. The highest BCUT2D eigenvalue weighted by atomic mass is 16.4. The van der Waals surface area contributed by atoms with Crippen molar-refractivity contribution in [1.29, 1.82) is 0 Å². The maximum atomic E-state index is 12.2. The fourth-order valence-corrected chi connectivity index (χ4v) is 2.41. The zero-order valence-electron chi connectivity index (χ0n) is 12.5. The van der Waals surface area contributed by atoms with Gasteiger partial charge in [0, 0.05) is 6.04 Å². The molecule has 1 fully saturated rings. The second kappa shape index (κ2) is 6.72. The van der Waals surface area contributed by atoms with Crippen LogP contribution in [0, 0.1) is 0 Å². The van der Waals surface area contributed by atoms with Crippen molar-refractivity contribution >= 4 is 11.9 Å². The maximum Gasteiger partial charge on any atom is 0.320 e. The molecule has 1 aromatic carbocycles. The molecule has 0 spiro atoms. The van der Waals surface area contributed by atoms with Gasteiger partial charge in [0.25, 0.3) is 0 Å². The van der Waals surface area contributed by atoms with Crippen LogP contribution in [0.4, 0.5) is 0 Å². The molecule has 2 unspecified atom stereocenters. The zero-order valence-corrected chi connectivity index (χ0v) is 12.5. The molecule has 0 radical (unpaired) electrons. The predicted octanol–water partition coefficient (Wildman–Crippen LogP) is 1.80. The Hall–Kier alpha value is -1.88. The number of hydrogen-bond acceptors (Lipinski definition) is 3. The van der Waals surface area contributed by atoms with Crippen LogP contribution in [0.1, 0.15) is 38.3 Å². The summed E-state index contributed by atoms with van der Waals surface area (Å²) in [5.74, 6) is -1.02. The standard InChI is InChI=1S/C16H22N2O3/c1-11(13-6-4-3-5-7-13)17-15(19)10-18(14-8-9-14)12(2)16(20)21/h3-7,11-12,14H,8-10H2,1-2H3,(H,17,19)(H,20,21). The third-order valence-electron chi connectivity index (χ3n) is 3.87. The lowest BCUT2D eigenvalue weighted by Gasteiger charge is -2.26. The first kappa shape index (κ1) is 15.5. The number of nitrogens with one attached hydrogen (secondary N) is 1. The molecule has 1 amide bonds. The van der Waals surface area contributed by atoms with Gasteiger partial charge in [-0.05, 0) is 32.3 Å². The van der Waals surface area contributed by atoms with E-state index in [0.717, 1.165) is 18.4 Å². The van der Waals surface area contributed by atoms with Gasteiger partial charge in [0.2, 0.25) is 5.91 Å². The van der Waals surface area contributed by atoms with Crippen LogP contribution in [-0.4, -0.2) is 40.5 Å². The molecule has 5 heteroatoms. The van der Waals surface area contributed by atoms with Crippen LogP contribution >= 0.6 is 0 Å². The SMILES string of the molecule is CC(NC(=O)CN(C1CC1)C(C)C(=O)O)c1ccccc1. The van der Waals surface area contributed by atoms with Crippen LogP contribution in [0.25, 0.3) is 0 Å². The van der Waals surface area contributed by atoms with E-state index >= 15 is 0 Å². The zero-order chi connectivity index (χ0) is 15.4. The molecule has 2 rings (SSSR count). The van der Waals surface area contributed by atoms with Gasteiger partial charge >= 0.3 is 5.97 Å². The van der Waals surface area contributed by atoms with Crippen LogP contribution in [0.2, 0.25) is 0 Å². The third kappa shape index (κ3) is 4.29. The predicted molar refractivity (Wildman–Crippen MR) is 79.8 cm³/mol. The van der Waals surface area contributed by atoms with E-state index in [4.69, 9.17) is 5.11 Å². The summed E-state index contributed by atoms with van der Waals surface area (Å²) in [5.41, 5.74) is 1.04. The lowest BCUT2D eigenvalue weighted by Crippen LogP contribution is -2.46. The van der Waals surface area contributed by atoms with Gasteiger partial charge < -0.3 is 10.4 Å². The van der Waals surface area contributed by atoms with E-state index in [1.807, 2.05) is 37.3 Å². The van der Waals surface area contributed by atoms with E-state index in [-0.39, 0.29) is 24.5 Å². The molecule has 1 saturated carbocycles. The van der Waals surface area contributed by atoms with Crippen molar-refractivity contribution in [3.63, 3.8) is 0 Å². The molecule has 0 aromatic heterocycles. The van der Waals surface area contributed by atoms with Crippen molar-refractivity contribution in [2.24, 2.45) is 0 Å². The Morgan fingerprint density at radius 2 is 1.90 bits per heavy atom. The number of aliphatic carboxylic acids is 1. The fraction of sp³-hybridized carbons (Fsp3) is 0.500. The number of carbonyl (C=O) groups is 2. The van der Waals surface area contributed by atoms with Gasteiger partial charge in [-0.2, -0.15) is 0 Å². The van der Waals surface area contributed by atoms with Crippen LogP contribution < -0.4 is 5.32 Å². The Bertz CT molecular complexity index is 500. The lowest BCUT2D eigenvalue weighted by atomic mass is 10.1. The number of amides is 1. The topological polar surface area (TPSA) is 69.6 Å². The summed E-state index contributed by atoms with van der Waals surface area (Å²) < 4.78 is 0. The van der Waals surface area contributed by atoms with Gasteiger partial charge in [0.15, 0.2) is 0 Å². The normalized spacial score (nSPS) is 17.3. The molecule has 5 nitrogen and oxygen atoms in total. The molecule has 0 bridgehead atoms. The molecule has 0 saturated heterocycles. The molecule has 0 heterocycles. The first-order valence-electron chi connectivity index (χ1n) is 7.32. The molecular formula is C16H22N2O3. The largest absolute Gasteiger partial charge is 0.480 e. The van der Waals surface area contributed by atoms with E-state index < -0.39 is 12.0 Å². The van der Waals surface area contributed by atoms with Crippen molar-refractivity contribution in [1.82, 2.24) is 10.2 Å². The molecule has 1 aliphatic rings. The van der Waals surface area contributed by atoms with E-state index in [0.29, 0.717) is 0 Å². The summed E-state index contributed by atoms with van der Waals surface area (Å²) in [7, 11) is 0. The summed E-state index contributed by atoms with van der Waals surface area (Å²) in [5, 5.41) is 12.1. The fourth-order valence-electron chi connectivity index (χ4n) is 2.41. The van der Waals surface area contributed by atoms with Crippen LogP contribution in [-0.2, 0) is 9.59 Å². The minimum Gasteiger partial charge on any atom is -0.480 e. The first-order chi connectivity index (χ1) is 9.99. The van der Waals surface area contributed by atoms with Gasteiger partial charge in [-0.25, -0.2) is 0 Å². The number of carbonyl (C=O) groups excluding carboxylic acids is 1. The molecule has 0 aliphatic heterocycles. The lowest BCUT2D eigenvalue weighted by molar-refractivity contribution is -0.143. The Kier molecular flexibility index (Phi) is 4.96. The highest BCUT2D eigenvalue weighted by molar-refractivity contribution is 5.80. The van der Waals surface area contributed by atoms with Gasteiger partial charge in [-0.3, -0.25) is 14.5 Å². The van der Waals surface area contributed by atoms with Crippen LogP contribution in [0.5, 0.6) is 0 Å². The Morgan fingerprint density at radius 1 is 1.29 bits per heavy atom. The number of nitrogens with zero attached hydrogens (tertiary/aromatic N) is 1. The van der Waals surface area contributed by atoms with E-state index in [2.05, 4.69) is 5.32 Å². The van der Waals surface area contributed by atoms with Crippen molar-refractivity contribution in [3.05, 3.63) is 35.9 Å². The van der Waals surface area contributed by atoms with Crippen molar-refractivity contribution in [3.8, 4) is 0 Å². The molecule has 21 heavy (non-hydrogen) atoms. The Morgan fingerprint density at radius 3 is 2.43 bits per heavy atom. The second-order valence-electron chi connectivity index (χ2n) is 5.62. The summed E-state index contributed by atoms with van der Waals surface area (Å²) >= 11 is 0. The molecule has 1 aliphatic carbocycles. The summed E-state index contributed by atoms with van der Waals surface area (Å²) in [4.78, 5) is 25.0. The number of carboxylic acids is 1. The quantitative estimate of drug-likeness (QED) is 0.803. The second-order valence-corrected chi connectivity index (χ2v) is 5.62. The van der Waals surface area contributed by atoms with Gasteiger partial charge in [0.1, 0.15) is 6.04 Å². The average Bonchev–Trinajstić information content (AvgIpc) is 3.29. The molecule has 2 N–H and O–H groups in total. The molecular weight excluding hydrogens is 268 g/mol. The Balaban J connectivity index is 1.92. The molecule has 1 aromatic rings. The molecule has 114 valence electrons. The van der Waals surface area contributed by atoms with E-state index in [9.17, 15) is 9.59 Å². The third-order valence-corrected chi connectivity index (χ3v) is 3.87. The minimum atomic E-state index is -0.884. The first-order valence-corrected chi connectivity index (χ1v) is 7.32. The van der Waals surface area contributed by atoms with E-state index in [1.165, 1.54) is 0 Å². The van der Waals surface area contributed by atoms with Crippen LogP contribution in [0.15, 0.2) is 30.3 Å². The number of carboxylic acid groups (broad SMARTS) is 1. The van der Waals surface area contributed by atoms with Crippen molar-refractivity contribution in [2.75, 3.05) is 6.54 Å². The number of rotatable bonds is 7. The average molecular weight is 290 g/mol. The van der Waals surface area contributed by atoms with Gasteiger partial charge in [0.05, 0.1) is 12.6 Å². The Labute approximate surface area is 125 Å². The minimum absolute atomic E-state index is 0.0834. The maximum absolute atomic E-state index is 12.2. The summed E-state index contributed by atoms with van der Waals surface area (Å²) in [6.07, 6.45) is 1.94. The van der Waals surface area contributed by atoms with Crippen molar-refractivity contribution < 1.29 is 14.7 Å². The van der Waals surface area contributed by atoms with Crippen molar-refractivity contribution in [2.45, 2.75) is 44.8 Å². The summed E-state index contributed by atoms with van der Waals surface area (Å²) in [6.45, 7) is 3.69. The smallest absolute Gasteiger partial charge is 0.320 e. The van der Waals surface area contributed by atoms with Crippen LogP contribution in [0.3, 0.4) is 0 Å². The highest BCUT2D eigenvalue weighted by Crippen LogP contribution is 2.28. The summed E-state index contributed by atoms with van der Waals surface area (Å²) in [6, 6.07) is 9.24.